The first kappa shape index (κ1) is 14.3. The fourth-order valence-electron chi connectivity index (χ4n) is 1.67. The molecule has 2 aromatic carbocycles. The van der Waals surface area contributed by atoms with Crippen LogP contribution in [0.25, 0.3) is 0 Å². The van der Waals surface area contributed by atoms with Gasteiger partial charge in [0.25, 0.3) is 0 Å². The minimum absolute atomic E-state index is 0.0662. The monoisotopic (exact) mass is 316 g/mol. The molecule has 0 amide bonds. The summed E-state index contributed by atoms with van der Waals surface area (Å²) in [6.45, 7) is 0. The predicted octanol–water partition coefficient (Wildman–Crippen LogP) is 5.21. The van der Waals surface area contributed by atoms with E-state index >= 15 is 0 Å². The number of rotatable bonds is 3. The van der Waals surface area contributed by atoms with Crippen LogP contribution in [0.3, 0.4) is 0 Å². The summed E-state index contributed by atoms with van der Waals surface area (Å²) in [6, 6.07) is 8.78. The molecule has 0 saturated heterocycles. The fourth-order valence-corrected chi connectivity index (χ4v) is 2.37. The van der Waals surface area contributed by atoms with Gasteiger partial charge < -0.3 is 0 Å². The number of hydrogen-bond acceptors (Lipinski definition) is 1. The lowest BCUT2D eigenvalue weighted by atomic mass is 10.0. The van der Waals surface area contributed by atoms with Crippen molar-refractivity contribution >= 4 is 40.6 Å². The highest BCUT2D eigenvalue weighted by atomic mass is 35.5. The van der Waals surface area contributed by atoms with Crippen LogP contribution >= 0.6 is 34.8 Å². The zero-order valence-corrected chi connectivity index (χ0v) is 11.9. The molecule has 0 aliphatic carbocycles. The molecule has 98 valence electrons. The second-order valence-electron chi connectivity index (χ2n) is 3.92. The van der Waals surface area contributed by atoms with E-state index in [2.05, 4.69) is 0 Å². The summed E-state index contributed by atoms with van der Waals surface area (Å²) in [4.78, 5) is 12.1. The first-order chi connectivity index (χ1) is 8.99. The van der Waals surface area contributed by atoms with Crippen LogP contribution in [0, 0.1) is 5.82 Å². The summed E-state index contributed by atoms with van der Waals surface area (Å²) >= 11 is 17.7. The van der Waals surface area contributed by atoms with Gasteiger partial charge in [-0.1, -0.05) is 40.9 Å². The molecular formula is C14H8Cl3FO. The molecule has 0 unspecified atom stereocenters. The molecule has 0 fully saturated rings. The van der Waals surface area contributed by atoms with Crippen LogP contribution < -0.4 is 0 Å². The quantitative estimate of drug-likeness (QED) is 0.710. The van der Waals surface area contributed by atoms with E-state index in [9.17, 15) is 9.18 Å². The first-order valence-electron chi connectivity index (χ1n) is 5.40. The van der Waals surface area contributed by atoms with E-state index in [1.807, 2.05) is 0 Å². The Morgan fingerprint density at radius 1 is 1.05 bits per heavy atom. The van der Waals surface area contributed by atoms with Crippen LogP contribution in [-0.2, 0) is 6.42 Å². The van der Waals surface area contributed by atoms with Crippen LogP contribution in [-0.4, -0.2) is 5.78 Å². The molecular weight excluding hydrogens is 310 g/mol. The number of hydrogen-bond donors (Lipinski definition) is 0. The largest absolute Gasteiger partial charge is 0.294 e. The third-order valence-electron chi connectivity index (χ3n) is 2.63. The number of halogens is 4. The van der Waals surface area contributed by atoms with Crippen molar-refractivity contribution in [2.45, 2.75) is 6.42 Å². The summed E-state index contributed by atoms with van der Waals surface area (Å²) in [5, 5.41) is 1.06. The summed E-state index contributed by atoms with van der Waals surface area (Å²) in [7, 11) is 0. The Hall–Kier alpha value is -1.09. The van der Waals surface area contributed by atoms with Gasteiger partial charge in [-0.05, 0) is 35.9 Å². The number of carbonyl (C=O) groups excluding carboxylic acids is 1. The van der Waals surface area contributed by atoms with Crippen molar-refractivity contribution in [2.75, 3.05) is 0 Å². The number of carbonyl (C=O) groups is 1. The highest BCUT2D eigenvalue weighted by Gasteiger charge is 2.16. The van der Waals surface area contributed by atoms with Gasteiger partial charge in [-0.25, -0.2) is 4.39 Å². The molecule has 2 aromatic rings. The molecule has 5 heteroatoms. The molecule has 19 heavy (non-hydrogen) atoms. The van der Waals surface area contributed by atoms with Crippen LogP contribution in [0.1, 0.15) is 15.9 Å². The SMILES string of the molecule is O=C(Cc1c(Cl)cccc1Cl)c1cc(Cl)ccc1F. The molecule has 0 atom stereocenters. The molecule has 0 aromatic heterocycles. The zero-order valence-electron chi connectivity index (χ0n) is 9.59. The summed E-state index contributed by atoms with van der Waals surface area (Å²) in [5.41, 5.74) is 0.415. The van der Waals surface area contributed by atoms with E-state index in [4.69, 9.17) is 34.8 Å². The maximum atomic E-state index is 13.6. The molecule has 0 heterocycles. The topological polar surface area (TPSA) is 17.1 Å². The Labute approximate surface area is 124 Å². The minimum atomic E-state index is -0.613. The lowest BCUT2D eigenvalue weighted by Crippen LogP contribution is -2.07. The Balaban J connectivity index is 2.34. The van der Waals surface area contributed by atoms with E-state index in [-0.39, 0.29) is 12.0 Å². The fraction of sp³-hybridized carbons (Fsp3) is 0.0714. The standard InChI is InChI=1S/C14H8Cl3FO/c15-8-4-5-13(18)10(6-8)14(19)7-9-11(16)2-1-3-12(9)17/h1-6H,7H2. The van der Waals surface area contributed by atoms with Crippen LogP contribution in [0.4, 0.5) is 4.39 Å². The zero-order chi connectivity index (χ0) is 14.0. The second kappa shape index (κ2) is 5.91. The first-order valence-corrected chi connectivity index (χ1v) is 6.53. The second-order valence-corrected chi connectivity index (χ2v) is 5.18. The predicted molar refractivity (Wildman–Crippen MR) is 75.9 cm³/mol. The van der Waals surface area contributed by atoms with Gasteiger partial charge in [0.1, 0.15) is 5.82 Å². The maximum Gasteiger partial charge on any atom is 0.170 e. The highest BCUT2D eigenvalue weighted by molar-refractivity contribution is 6.36. The van der Waals surface area contributed by atoms with E-state index in [0.29, 0.717) is 20.6 Å². The highest BCUT2D eigenvalue weighted by Crippen LogP contribution is 2.26. The Bertz CT molecular complexity index is 620. The summed E-state index contributed by atoms with van der Waals surface area (Å²) in [5.74, 6) is -1.03. The molecule has 1 nitrogen and oxygen atoms in total. The van der Waals surface area contributed by atoms with Gasteiger partial charge in [0, 0.05) is 21.5 Å². The van der Waals surface area contributed by atoms with Gasteiger partial charge in [-0.15, -0.1) is 0 Å². The van der Waals surface area contributed by atoms with E-state index in [1.165, 1.54) is 12.1 Å². The van der Waals surface area contributed by atoms with Gasteiger partial charge in [0.05, 0.1) is 5.56 Å². The van der Waals surface area contributed by atoms with Crippen molar-refractivity contribution < 1.29 is 9.18 Å². The van der Waals surface area contributed by atoms with Crippen molar-refractivity contribution in [1.82, 2.24) is 0 Å². The van der Waals surface area contributed by atoms with Crippen molar-refractivity contribution in [3.05, 3.63) is 68.4 Å². The molecule has 2 rings (SSSR count). The molecule has 0 aliphatic heterocycles. The van der Waals surface area contributed by atoms with E-state index < -0.39 is 11.6 Å². The molecule has 0 aliphatic rings. The van der Waals surface area contributed by atoms with Gasteiger partial charge in [-0.2, -0.15) is 0 Å². The Kier molecular flexibility index (Phi) is 4.46. The van der Waals surface area contributed by atoms with E-state index in [1.54, 1.807) is 18.2 Å². The van der Waals surface area contributed by atoms with Crippen LogP contribution in [0.15, 0.2) is 36.4 Å². The lowest BCUT2D eigenvalue weighted by molar-refractivity contribution is 0.0989. The van der Waals surface area contributed by atoms with E-state index in [0.717, 1.165) is 6.07 Å². The van der Waals surface area contributed by atoms with Crippen molar-refractivity contribution in [3.63, 3.8) is 0 Å². The van der Waals surface area contributed by atoms with Gasteiger partial charge >= 0.3 is 0 Å². The van der Waals surface area contributed by atoms with Gasteiger partial charge in [-0.3, -0.25) is 4.79 Å². The minimum Gasteiger partial charge on any atom is -0.294 e. The third-order valence-corrected chi connectivity index (χ3v) is 3.57. The number of Topliss-reactive ketones (excluding diaryl/α,β-unsaturated/α-hetero) is 1. The third kappa shape index (κ3) is 3.27. The van der Waals surface area contributed by atoms with Gasteiger partial charge in [0.2, 0.25) is 0 Å². The van der Waals surface area contributed by atoms with Crippen LogP contribution in [0.5, 0.6) is 0 Å². The normalized spacial score (nSPS) is 10.5. The van der Waals surface area contributed by atoms with Crippen molar-refractivity contribution in [2.24, 2.45) is 0 Å². The molecule has 0 N–H and O–H groups in total. The number of benzene rings is 2. The Morgan fingerprint density at radius 3 is 2.32 bits per heavy atom. The summed E-state index contributed by atoms with van der Waals surface area (Å²) < 4.78 is 13.6. The maximum absolute atomic E-state index is 13.6. The van der Waals surface area contributed by atoms with Crippen molar-refractivity contribution in [1.29, 1.82) is 0 Å². The number of ketones is 1. The van der Waals surface area contributed by atoms with Crippen molar-refractivity contribution in [3.8, 4) is 0 Å². The molecule has 0 spiro atoms. The average Bonchev–Trinajstić information content (AvgIpc) is 2.37. The smallest absolute Gasteiger partial charge is 0.170 e. The molecule has 0 saturated carbocycles. The lowest BCUT2D eigenvalue weighted by Gasteiger charge is -2.07. The Morgan fingerprint density at radius 2 is 1.68 bits per heavy atom. The van der Waals surface area contributed by atoms with Crippen LogP contribution in [0.2, 0.25) is 15.1 Å². The van der Waals surface area contributed by atoms with Gasteiger partial charge in [0.15, 0.2) is 5.78 Å². The summed E-state index contributed by atoms with van der Waals surface area (Å²) in [6.07, 6.45) is -0.0736. The average molecular weight is 318 g/mol. The molecule has 0 radical (unpaired) electrons. The molecule has 0 bridgehead atoms.